The van der Waals surface area contributed by atoms with Gasteiger partial charge in [0.25, 0.3) is 11.8 Å². The number of likely N-dealkylation sites (N-methyl/N-ethyl adjacent to an activating group) is 1. The van der Waals surface area contributed by atoms with Crippen molar-refractivity contribution in [3.8, 4) is 0 Å². The first-order valence-electron chi connectivity index (χ1n) is 10.7. The van der Waals surface area contributed by atoms with Crippen LogP contribution in [-0.2, 0) is 21.4 Å². The number of rotatable bonds is 1. The second-order valence-corrected chi connectivity index (χ2v) is 12.0. The summed E-state index contributed by atoms with van der Waals surface area (Å²) in [6, 6.07) is 16.1. The maximum Gasteiger partial charge on any atom is 0.264 e. The van der Waals surface area contributed by atoms with Gasteiger partial charge in [-0.1, -0.05) is 59.3 Å². The number of nitrogens with zero attached hydrogens (tertiary/aromatic N) is 2. The zero-order valence-corrected chi connectivity index (χ0v) is 19.2. The minimum Gasteiger partial charge on any atom is -0.388 e. The van der Waals surface area contributed by atoms with Crippen molar-refractivity contribution in [2.75, 3.05) is 12.4 Å². The third kappa shape index (κ3) is 1.75. The van der Waals surface area contributed by atoms with E-state index in [1.54, 1.807) is 18.9 Å². The fourth-order valence-corrected chi connectivity index (χ4v) is 9.89. The lowest BCUT2D eigenvalue weighted by atomic mass is 9.68. The van der Waals surface area contributed by atoms with Gasteiger partial charge >= 0.3 is 0 Å². The number of fused-ring (bicyclic) bond motifs is 6. The maximum absolute atomic E-state index is 13.9. The number of aliphatic hydroxyl groups excluding tert-OH is 1. The highest BCUT2D eigenvalue weighted by molar-refractivity contribution is 8.78. The van der Waals surface area contributed by atoms with E-state index in [1.807, 2.05) is 36.4 Å². The molecule has 4 fully saturated rings. The Morgan fingerprint density at radius 1 is 1.06 bits per heavy atom. The highest BCUT2D eigenvalue weighted by Gasteiger charge is 2.82. The molecule has 0 unspecified atom stereocenters. The lowest BCUT2D eigenvalue weighted by molar-refractivity contribution is -0.166. The van der Waals surface area contributed by atoms with Crippen molar-refractivity contribution in [1.82, 2.24) is 9.80 Å². The number of hydrogen-bond acceptors (Lipinski definition) is 6. The van der Waals surface area contributed by atoms with E-state index < -0.39 is 27.4 Å². The molecule has 2 bridgehead atoms. The summed E-state index contributed by atoms with van der Waals surface area (Å²) >= 11 is 0. The quantitative estimate of drug-likeness (QED) is 0.634. The predicted octanol–water partition coefficient (Wildman–Crippen LogP) is 2.80. The number of nitrogens with one attached hydrogen (secondary N) is 1. The smallest absolute Gasteiger partial charge is 0.264 e. The van der Waals surface area contributed by atoms with Crippen LogP contribution >= 0.6 is 21.6 Å². The second kappa shape index (κ2) is 5.73. The summed E-state index contributed by atoms with van der Waals surface area (Å²) in [5, 5.41) is 15.8. The second-order valence-electron chi connectivity index (χ2n) is 9.23. The van der Waals surface area contributed by atoms with Crippen LogP contribution < -0.4 is 5.32 Å². The first-order valence-corrected chi connectivity index (χ1v) is 12.9. The van der Waals surface area contributed by atoms with Gasteiger partial charge in [0.15, 0.2) is 4.87 Å². The van der Waals surface area contributed by atoms with Crippen LogP contribution in [0, 0.1) is 0 Å². The average molecular weight is 464 g/mol. The van der Waals surface area contributed by atoms with Gasteiger partial charge in [-0.15, -0.1) is 0 Å². The van der Waals surface area contributed by atoms with E-state index in [0.717, 1.165) is 28.8 Å². The molecular weight excluding hydrogens is 442 g/mol. The maximum atomic E-state index is 13.9. The zero-order valence-electron chi connectivity index (χ0n) is 17.5. The molecule has 162 valence electrons. The van der Waals surface area contributed by atoms with Crippen LogP contribution in [0.25, 0.3) is 5.57 Å². The number of para-hydroxylation sites is 1. The fraction of sp³-hybridized carbons (Fsp3) is 0.333. The van der Waals surface area contributed by atoms with Gasteiger partial charge in [0.2, 0.25) is 4.87 Å². The summed E-state index contributed by atoms with van der Waals surface area (Å²) in [7, 11) is 4.38. The molecule has 6 aliphatic rings. The number of piperazine rings is 1. The molecule has 0 radical (unpaired) electrons. The topological polar surface area (TPSA) is 72.9 Å². The molecule has 4 saturated heterocycles. The van der Waals surface area contributed by atoms with E-state index in [-0.39, 0.29) is 11.8 Å². The Hall–Kier alpha value is -2.42. The number of benzene rings is 2. The van der Waals surface area contributed by atoms with Crippen LogP contribution in [0.1, 0.15) is 23.6 Å². The van der Waals surface area contributed by atoms with Gasteiger partial charge in [0.1, 0.15) is 12.3 Å². The lowest BCUT2D eigenvalue weighted by Gasteiger charge is -2.57. The van der Waals surface area contributed by atoms with Crippen LogP contribution in [-0.4, -0.2) is 55.8 Å². The van der Waals surface area contributed by atoms with Crippen molar-refractivity contribution in [3.63, 3.8) is 0 Å². The zero-order chi connectivity index (χ0) is 22.0. The molecule has 2 amide bonds. The Morgan fingerprint density at radius 2 is 1.81 bits per heavy atom. The molecule has 2 N–H and O–H groups in total. The van der Waals surface area contributed by atoms with E-state index in [9.17, 15) is 14.7 Å². The number of carbonyl (C=O) groups excluding carboxylic acids is 2. The number of carbonyl (C=O) groups is 2. The van der Waals surface area contributed by atoms with E-state index in [1.165, 1.54) is 32.1 Å². The molecule has 0 saturated carbocycles. The Kier molecular flexibility index (Phi) is 3.42. The largest absolute Gasteiger partial charge is 0.388 e. The van der Waals surface area contributed by atoms with Gasteiger partial charge in [-0.05, 0) is 52.5 Å². The van der Waals surface area contributed by atoms with E-state index in [0.29, 0.717) is 0 Å². The molecule has 5 heterocycles. The van der Waals surface area contributed by atoms with Crippen LogP contribution in [0.2, 0.25) is 0 Å². The monoisotopic (exact) mass is 463 g/mol. The number of aliphatic hydroxyl groups is 1. The molecule has 5 aliphatic heterocycles. The van der Waals surface area contributed by atoms with E-state index in [2.05, 4.69) is 23.5 Å². The summed E-state index contributed by atoms with van der Waals surface area (Å²) in [6.07, 6.45) is 1.27. The first kappa shape index (κ1) is 19.1. The van der Waals surface area contributed by atoms with Crippen LogP contribution in [0.3, 0.4) is 0 Å². The molecule has 2 aromatic carbocycles. The molecule has 32 heavy (non-hydrogen) atoms. The number of allylic oxidation sites excluding steroid dienone is 1. The Labute approximate surface area is 193 Å². The summed E-state index contributed by atoms with van der Waals surface area (Å²) in [5.74, 6) is -0.350. The number of amides is 2. The third-order valence-corrected chi connectivity index (χ3v) is 11.7. The van der Waals surface area contributed by atoms with Gasteiger partial charge < -0.3 is 15.3 Å². The van der Waals surface area contributed by atoms with Crippen molar-refractivity contribution in [2.45, 2.75) is 40.8 Å². The lowest BCUT2D eigenvalue weighted by Crippen LogP contribution is -2.77. The summed E-state index contributed by atoms with van der Waals surface area (Å²) in [6.45, 7) is 1.80. The molecule has 5 atom stereocenters. The van der Waals surface area contributed by atoms with Gasteiger partial charge in [0, 0.05) is 12.7 Å². The van der Waals surface area contributed by atoms with Crippen LogP contribution in [0.5, 0.6) is 0 Å². The highest BCUT2D eigenvalue weighted by Crippen LogP contribution is 2.70. The van der Waals surface area contributed by atoms with Gasteiger partial charge in [0.05, 0.1) is 5.41 Å². The Bertz CT molecular complexity index is 1280. The third-order valence-electron chi connectivity index (χ3n) is 7.99. The molecule has 0 aromatic heterocycles. The summed E-state index contributed by atoms with van der Waals surface area (Å²) < 4.78 is 0. The number of anilines is 1. The molecule has 6 nitrogen and oxygen atoms in total. The summed E-state index contributed by atoms with van der Waals surface area (Å²) in [5.41, 5.74) is 4.16. The minimum atomic E-state index is -1.38. The Balaban J connectivity index is 1.55. The van der Waals surface area contributed by atoms with Crippen molar-refractivity contribution in [3.05, 3.63) is 71.3 Å². The van der Waals surface area contributed by atoms with E-state index in [4.69, 9.17) is 0 Å². The van der Waals surface area contributed by atoms with Gasteiger partial charge in [-0.25, -0.2) is 0 Å². The molecule has 8 rings (SSSR count). The standard InChI is InChI=1S/C24H21N3O3S2/c1-22-20(29)27-19-23(16-9-5-6-10-17(16)25-19,15-12-11-13-7-3-4-8-14(13)15)18(28)24(27,32-31-22)21(30)26(22)2/h3-10,12,18-19,25,28H,11H2,1-2H3/t18-,19+,22-,23-,24-/m0/s1. The fourth-order valence-electron chi connectivity index (χ4n) is 6.34. The Morgan fingerprint density at radius 3 is 2.66 bits per heavy atom. The molecule has 1 aliphatic carbocycles. The van der Waals surface area contributed by atoms with Crippen LogP contribution in [0.4, 0.5) is 5.69 Å². The van der Waals surface area contributed by atoms with Crippen molar-refractivity contribution in [1.29, 1.82) is 0 Å². The van der Waals surface area contributed by atoms with Crippen molar-refractivity contribution >= 4 is 44.7 Å². The normalized spacial score (nSPS) is 38.3. The van der Waals surface area contributed by atoms with Gasteiger partial charge in [-0.2, -0.15) is 0 Å². The molecule has 2 aromatic rings. The molecule has 1 spiro atoms. The molecule has 8 heteroatoms. The SMILES string of the molecule is CN1C(=O)[C@]23SS[C@@]1(C)C(=O)N2[C@H]1Nc2ccccc2[C@@]1(C1=CCc2ccccc21)[C@@H]3O. The number of hydrogen-bond donors (Lipinski definition) is 2. The van der Waals surface area contributed by atoms with Crippen LogP contribution in [0.15, 0.2) is 54.6 Å². The first-order chi connectivity index (χ1) is 15.4. The molecular formula is C24H21N3O3S2. The van der Waals surface area contributed by atoms with Gasteiger partial charge in [-0.3, -0.25) is 14.5 Å². The minimum absolute atomic E-state index is 0.138. The average Bonchev–Trinajstić information content (AvgIpc) is 3.43. The highest BCUT2D eigenvalue weighted by atomic mass is 33.1. The predicted molar refractivity (Wildman–Crippen MR) is 126 cm³/mol. The van der Waals surface area contributed by atoms with Crippen molar-refractivity contribution in [2.24, 2.45) is 0 Å². The summed E-state index contributed by atoms with van der Waals surface area (Å²) in [4.78, 5) is 28.5. The van der Waals surface area contributed by atoms with E-state index >= 15 is 0 Å². The van der Waals surface area contributed by atoms with Crippen molar-refractivity contribution < 1.29 is 14.7 Å².